The molecule has 0 radical (unpaired) electrons. The fourth-order valence-corrected chi connectivity index (χ4v) is 4.07. The highest BCUT2D eigenvalue weighted by molar-refractivity contribution is 5.97. The van der Waals surface area contributed by atoms with Gasteiger partial charge in [-0.15, -0.1) is 0 Å². The minimum atomic E-state index is -0.445. The first-order valence-corrected chi connectivity index (χ1v) is 10.3. The number of benzene rings is 2. The molecule has 1 fully saturated rings. The van der Waals surface area contributed by atoms with E-state index in [0.29, 0.717) is 6.54 Å². The summed E-state index contributed by atoms with van der Waals surface area (Å²) >= 11 is 0. The van der Waals surface area contributed by atoms with Crippen LogP contribution in [0.5, 0.6) is 0 Å². The minimum Gasteiger partial charge on any atom is -0.347 e. The Labute approximate surface area is 177 Å². The summed E-state index contributed by atoms with van der Waals surface area (Å²) in [6, 6.07) is 13.7. The third-order valence-corrected chi connectivity index (χ3v) is 5.64. The Morgan fingerprint density at radius 3 is 2.37 bits per heavy atom. The van der Waals surface area contributed by atoms with Crippen LogP contribution in [0.2, 0.25) is 0 Å². The highest BCUT2D eigenvalue weighted by Gasteiger charge is 2.37. The summed E-state index contributed by atoms with van der Waals surface area (Å²) in [5, 5.41) is 5.56. The molecule has 0 unspecified atom stereocenters. The molecule has 1 aliphatic heterocycles. The number of nitrogens with one attached hydrogen (secondary N) is 2. The zero-order chi connectivity index (χ0) is 21.8. The van der Waals surface area contributed by atoms with Gasteiger partial charge in [0.05, 0.1) is 18.5 Å². The van der Waals surface area contributed by atoms with E-state index >= 15 is 0 Å². The number of rotatable bonds is 6. The Bertz CT molecular complexity index is 932. The standard InChI is InChI=1S/C24H29N3O3/c1-15-10-16(2)23(17(3)11-15)26-21(28)13-25-24(30)20-12-22(29)27(14-20)18(4)19-8-6-5-7-9-19/h5-11,18,20H,12-14H2,1-4H3,(H,25,30)(H,26,28)/t18-,20+/m0/s1. The molecule has 0 bridgehead atoms. The van der Waals surface area contributed by atoms with Gasteiger partial charge in [-0.1, -0.05) is 48.0 Å². The number of carbonyl (C=O) groups excluding carboxylic acids is 3. The van der Waals surface area contributed by atoms with Gasteiger partial charge in [0.2, 0.25) is 17.7 Å². The lowest BCUT2D eigenvalue weighted by Crippen LogP contribution is -2.38. The lowest BCUT2D eigenvalue weighted by Gasteiger charge is -2.25. The van der Waals surface area contributed by atoms with Crippen molar-refractivity contribution in [2.24, 2.45) is 5.92 Å². The van der Waals surface area contributed by atoms with Gasteiger partial charge in [-0.3, -0.25) is 14.4 Å². The summed E-state index contributed by atoms with van der Waals surface area (Å²) in [6.45, 7) is 8.11. The van der Waals surface area contributed by atoms with Gasteiger partial charge in [0.25, 0.3) is 0 Å². The molecule has 2 N–H and O–H groups in total. The van der Waals surface area contributed by atoms with Crippen LogP contribution in [0.4, 0.5) is 5.69 Å². The molecule has 1 aliphatic rings. The smallest absolute Gasteiger partial charge is 0.243 e. The van der Waals surface area contributed by atoms with E-state index in [9.17, 15) is 14.4 Å². The molecule has 2 atom stereocenters. The predicted molar refractivity (Wildman–Crippen MR) is 117 cm³/mol. The third-order valence-electron chi connectivity index (χ3n) is 5.64. The Hall–Kier alpha value is -3.15. The van der Waals surface area contributed by atoms with E-state index in [1.54, 1.807) is 4.90 Å². The molecule has 6 nitrogen and oxygen atoms in total. The first kappa shape index (κ1) is 21.6. The van der Waals surface area contributed by atoms with Crippen molar-refractivity contribution in [2.75, 3.05) is 18.4 Å². The van der Waals surface area contributed by atoms with E-state index < -0.39 is 5.92 Å². The Balaban J connectivity index is 1.54. The minimum absolute atomic E-state index is 0.0399. The Kier molecular flexibility index (Phi) is 6.55. The quantitative estimate of drug-likeness (QED) is 0.771. The summed E-state index contributed by atoms with van der Waals surface area (Å²) in [5.74, 6) is -1.03. The largest absolute Gasteiger partial charge is 0.347 e. The van der Waals surface area contributed by atoms with Gasteiger partial charge in [0.1, 0.15) is 0 Å². The zero-order valence-corrected chi connectivity index (χ0v) is 18.0. The van der Waals surface area contributed by atoms with Crippen LogP contribution in [0, 0.1) is 26.7 Å². The van der Waals surface area contributed by atoms with E-state index in [4.69, 9.17) is 0 Å². The highest BCUT2D eigenvalue weighted by Crippen LogP contribution is 2.28. The SMILES string of the molecule is Cc1cc(C)c(NC(=O)CNC(=O)[C@@H]2CC(=O)N([C@@H](C)c3ccccc3)C2)c(C)c1. The first-order chi connectivity index (χ1) is 14.3. The van der Waals surface area contributed by atoms with Crippen LogP contribution < -0.4 is 10.6 Å². The molecule has 1 heterocycles. The Morgan fingerprint density at radius 1 is 1.10 bits per heavy atom. The molecular weight excluding hydrogens is 378 g/mol. The topological polar surface area (TPSA) is 78.5 Å². The third kappa shape index (κ3) is 4.87. The van der Waals surface area contributed by atoms with Gasteiger partial charge in [0, 0.05) is 18.7 Å². The van der Waals surface area contributed by atoms with Gasteiger partial charge in [-0.2, -0.15) is 0 Å². The number of aryl methyl sites for hydroxylation is 3. The van der Waals surface area contributed by atoms with Gasteiger partial charge in [0.15, 0.2) is 0 Å². The lowest BCUT2D eigenvalue weighted by molar-refractivity contribution is -0.130. The number of amides is 3. The van der Waals surface area contributed by atoms with Crippen molar-refractivity contribution in [1.82, 2.24) is 10.2 Å². The van der Waals surface area contributed by atoms with Gasteiger partial charge >= 0.3 is 0 Å². The van der Waals surface area contributed by atoms with Gasteiger partial charge in [-0.05, 0) is 44.4 Å². The second-order valence-corrected chi connectivity index (χ2v) is 8.07. The number of nitrogens with zero attached hydrogens (tertiary/aromatic N) is 1. The van der Waals surface area contributed by atoms with Crippen LogP contribution in [-0.2, 0) is 14.4 Å². The summed E-state index contributed by atoms with van der Waals surface area (Å²) in [5.41, 5.74) is 4.92. The lowest BCUT2D eigenvalue weighted by atomic mass is 10.1. The average molecular weight is 408 g/mol. The van der Waals surface area contributed by atoms with Gasteiger partial charge < -0.3 is 15.5 Å². The molecule has 2 aromatic rings. The number of hydrogen-bond acceptors (Lipinski definition) is 3. The molecule has 0 aliphatic carbocycles. The molecule has 6 heteroatoms. The van der Waals surface area contributed by atoms with Crippen LogP contribution >= 0.6 is 0 Å². The second kappa shape index (κ2) is 9.11. The second-order valence-electron chi connectivity index (χ2n) is 8.07. The van der Waals surface area contributed by atoms with E-state index in [2.05, 4.69) is 10.6 Å². The van der Waals surface area contributed by atoms with Crippen molar-refractivity contribution in [1.29, 1.82) is 0 Å². The van der Waals surface area contributed by atoms with Crippen LogP contribution in [0.1, 0.15) is 41.6 Å². The number of anilines is 1. The monoisotopic (exact) mass is 407 g/mol. The molecule has 1 saturated heterocycles. The summed E-state index contributed by atoms with van der Waals surface area (Å²) in [4.78, 5) is 39.1. The van der Waals surface area contributed by atoms with Crippen molar-refractivity contribution in [3.63, 3.8) is 0 Å². The predicted octanol–water partition coefficient (Wildman–Crippen LogP) is 3.28. The molecule has 0 aromatic heterocycles. The molecule has 158 valence electrons. The zero-order valence-electron chi connectivity index (χ0n) is 18.0. The molecule has 30 heavy (non-hydrogen) atoms. The number of hydrogen-bond donors (Lipinski definition) is 2. The normalized spacial score (nSPS) is 17.0. The molecule has 0 spiro atoms. The highest BCUT2D eigenvalue weighted by atomic mass is 16.2. The van der Waals surface area contributed by atoms with Crippen LogP contribution in [0.3, 0.4) is 0 Å². The molecule has 0 saturated carbocycles. The molecule has 3 rings (SSSR count). The maximum absolute atomic E-state index is 12.6. The van der Waals surface area contributed by atoms with E-state index in [0.717, 1.165) is 27.9 Å². The van der Waals surface area contributed by atoms with Crippen molar-refractivity contribution in [2.45, 2.75) is 40.2 Å². The molecule has 2 aromatic carbocycles. The average Bonchev–Trinajstić information content (AvgIpc) is 3.10. The molecular formula is C24H29N3O3. The van der Waals surface area contributed by atoms with Crippen molar-refractivity contribution in [3.8, 4) is 0 Å². The van der Waals surface area contributed by atoms with E-state index in [1.165, 1.54) is 0 Å². The van der Waals surface area contributed by atoms with Crippen molar-refractivity contribution < 1.29 is 14.4 Å². The van der Waals surface area contributed by atoms with Crippen LogP contribution in [-0.4, -0.2) is 35.7 Å². The summed E-state index contributed by atoms with van der Waals surface area (Å²) in [7, 11) is 0. The fourth-order valence-electron chi connectivity index (χ4n) is 4.07. The fraction of sp³-hybridized carbons (Fsp3) is 0.375. The van der Waals surface area contributed by atoms with E-state index in [1.807, 2.05) is 70.2 Å². The van der Waals surface area contributed by atoms with Crippen molar-refractivity contribution in [3.05, 3.63) is 64.7 Å². The summed E-state index contributed by atoms with van der Waals surface area (Å²) in [6.07, 6.45) is 0.167. The van der Waals surface area contributed by atoms with E-state index in [-0.39, 0.29) is 36.7 Å². The maximum Gasteiger partial charge on any atom is 0.243 e. The van der Waals surface area contributed by atoms with Crippen LogP contribution in [0.15, 0.2) is 42.5 Å². The Morgan fingerprint density at radius 2 is 1.73 bits per heavy atom. The number of likely N-dealkylation sites (tertiary alicyclic amines) is 1. The van der Waals surface area contributed by atoms with Crippen LogP contribution in [0.25, 0.3) is 0 Å². The van der Waals surface area contributed by atoms with Gasteiger partial charge in [-0.25, -0.2) is 0 Å². The molecule has 3 amide bonds. The first-order valence-electron chi connectivity index (χ1n) is 10.3. The summed E-state index contributed by atoms with van der Waals surface area (Å²) < 4.78 is 0. The number of carbonyl (C=O) groups is 3. The van der Waals surface area contributed by atoms with Crippen molar-refractivity contribution >= 4 is 23.4 Å². The maximum atomic E-state index is 12.6.